The Kier molecular flexibility index (Phi) is 2.95. The summed E-state index contributed by atoms with van der Waals surface area (Å²) >= 11 is 3.54. The predicted octanol–water partition coefficient (Wildman–Crippen LogP) is 3.91. The van der Waals surface area contributed by atoms with Gasteiger partial charge in [0.1, 0.15) is 0 Å². The maximum atomic E-state index is 4.32. The van der Waals surface area contributed by atoms with E-state index in [0.29, 0.717) is 0 Å². The van der Waals surface area contributed by atoms with Crippen LogP contribution in [0.2, 0.25) is 19.6 Å². The minimum atomic E-state index is -1.06. The van der Waals surface area contributed by atoms with Gasteiger partial charge in [0.15, 0.2) is 5.16 Å². The highest BCUT2D eigenvalue weighted by atomic mass is 32.2. The zero-order chi connectivity index (χ0) is 12.8. The maximum absolute atomic E-state index is 4.32. The molecule has 0 aliphatic carbocycles. The van der Waals surface area contributed by atoms with Crippen LogP contribution in [-0.2, 0) is 0 Å². The second-order valence-corrected chi connectivity index (χ2v) is 13.5. The molecule has 2 aromatic heterocycles. The van der Waals surface area contributed by atoms with Gasteiger partial charge in [-0.15, -0.1) is 10.2 Å². The molecule has 3 aromatic rings. The van der Waals surface area contributed by atoms with E-state index in [1.54, 1.807) is 11.3 Å². The number of hydrogen-bond donors (Lipinski definition) is 0. The van der Waals surface area contributed by atoms with Crippen LogP contribution in [0.25, 0.3) is 15.2 Å². The van der Waals surface area contributed by atoms with E-state index in [4.69, 9.17) is 0 Å². The Balaban J connectivity index is 2.07. The molecule has 2 heterocycles. The fourth-order valence-corrected chi connectivity index (χ4v) is 5.41. The average molecular weight is 293 g/mol. The Morgan fingerprint density at radius 2 is 2.00 bits per heavy atom. The summed E-state index contributed by atoms with van der Waals surface area (Å²) in [5.74, 6) is 0. The van der Waals surface area contributed by atoms with Crippen molar-refractivity contribution in [3.8, 4) is 0 Å². The van der Waals surface area contributed by atoms with Crippen LogP contribution in [-0.4, -0.2) is 28.0 Å². The molecule has 0 aliphatic rings. The standard InChI is InChI=1S/C12H15N3S2Si/c1-18(2,3)8-16-11-13-14-12-15(11)9-6-4-5-7-10(9)17-12/h4-7H,8H2,1-3H3. The molecule has 0 saturated carbocycles. The number of rotatable bonds is 3. The van der Waals surface area contributed by atoms with Crippen LogP contribution >= 0.6 is 23.1 Å². The predicted molar refractivity (Wildman–Crippen MR) is 82.4 cm³/mol. The van der Waals surface area contributed by atoms with E-state index in [0.717, 1.165) is 10.1 Å². The Morgan fingerprint density at radius 1 is 1.22 bits per heavy atom. The summed E-state index contributed by atoms with van der Waals surface area (Å²) in [7, 11) is -1.06. The van der Waals surface area contributed by atoms with Gasteiger partial charge >= 0.3 is 0 Å². The third-order valence-electron chi connectivity index (χ3n) is 2.55. The van der Waals surface area contributed by atoms with Crippen molar-refractivity contribution in [1.82, 2.24) is 14.6 Å². The number of fused-ring (bicyclic) bond motifs is 3. The number of benzene rings is 1. The van der Waals surface area contributed by atoms with Gasteiger partial charge in [-0.3, -0.25) is 4.40 Å². The molecule has 0 bridgehead atoms. The molecule has 94 valence electrons. The number of aromatic nitrogens is 3. The van der Waals surface area contributed by atoms with E-state index in [-0.39, 0.29) is 0 Å². The molecule has 3 nitrogen and oxygen atoms in total. The molecule has 0 amide bonds. The van der Waals surface area contributed by atoms with Crippen molar-refractivity contribution >= 4 is 46.4 Å². The lowest BCUT2D eigenvalue weighted by atomic mass is 10.3. The van der Waals surface area contributed by atoms with Crippen molar-refractivity contribution in [3.63, 3.8) is 0 Å². The summed E-state index contributed by atoms with van der Waals surface area (Å²) in [6.45, 7) is 7.14. The van der Waals surface area contributed by atoms with Crippen molar-refractivity contribution in [2.45, 2.75) is 24.8 Å². The van der Waals surface area contributed by atoms with Crippen LogP contribution in [0.4, 0.5) is 0 Å². The van der Waals surface area contributed by atoms with Crippen LogP contribution in [0.1, 0.15) is 0 Å². The SMILES string of the molecule is C[Si](C)(C)CSc1nnc2sc3ccccc3n12. The zero-order valence-corrected chi connectivity index (χ0v) is 13.3. The first-order chi connectivity index (χ1) is 8.54. The van der Waals surface area contributed by atoms with E-state index in [1.165, 1.54) is 15.6 Å². The lowest BCUT2D eigenvalue weighted by Crippen LogP contribution is -2.23. The number of thiazole rings is 1. The van der Waals surface area contributed by atoms with Crippen LogP contribution in [0.3, 0.4) is 0 Å². The van der Waals surface area contributed by atoms with Crippen LogP contribution in [0.15, 0.2) is 29.4 Å². The van der Waals surface area contributed by atoms with Crippen LogP contribution in [0.5, 0.6) is 0 Å². The number of thioether (sulfide) groups is 1. The van der Waals surface area contributed by atoms with Gasteiger partial charge < -0.3 is 0 Å². The van der Waals surface area contributed by atoms with E-state index < -0.39 is 8.07 Å². The summed E-state index contributed by atoms with van der Waals surface area (Å²) in [6.07, 6.45) is 0. The van der Waals surface area contributed by atoms with Gasteiger partial charge in [-0.25, -0.2) is 0 Å². The molecule has 1 aromatic carbocycles. The smallest absolute Gasteiger partial charge is 0.217 e. The molecule has 0 N–H and O–H groups in total. The van der Waals surface area contributed by atoms with E-state index in [9.17, 15) is 0 Å². The second kappa shape index (κ2) is 4.36. The molecule has 0 fully saturated rings. The van der Waals surface area contributed by atoms with Gasteiger partial charge in [0, 0.05) is 0 Å². The number of nitrogens with zero attached hydrogens (tertiary/aromatic N) is 3. The third kappa shape index (κ3) is 2.20. The first kappa shape index (κ1) is 12.2. The number of hydrogen-bond acceptors (Lipinski definition) is 4. The third-order valence-corrected chi connectivity index (χ3v) is 8.12. The minimum Gasteiger partial charge on any atom is -0.260 e. The molecule has 6 heteroatoms. The Labute approximate surface area is 115 Å². The molecule has 0 saturated heterocycles. The minimum absolute atomic E-state index is 0.995. The molecule has 0 spiro atoms. The molecule has 0 radical (unpaired) electrons. The van der Waals surface area contributed by atoms with E-state index >= 15 is 0 Å². The summed E-state index contributed by atoms with van der Waals surface area (Å²) in [5.41, 5.74) is 1.22. The fourth-order valence-electron chi connectivity index (χ4n) is 1.73. The summed E-state index contributed by atoms with van der Waals surface area (Å²) in [6, 6.07) is 8.42. The summed E-state index contributed by atoms with van der Waals surface area (Å²) in [5, 5.41) is 10.8. The second-order valence-electron chi connectivity index (χ2n) is 5.52. The highest BCUT2D eigenvalue weighted by molar-refractivity contribution is 8.00. The average Bonchev–Trinajstić information content (AvgIpc) is 2.83. The lowest BCUT2D eigenvalue weighted by molar-refractivity contribution is 0.943. The first-order valence-corrected chi connectivity index (χ1v) is 11.4. The monoisotopic (exact) mass is 293 g/mol. The zero-order valence-electron chi connectivity index (χ0n) is 10.7. The van der Waals surface area contributed by atoms with Gasteiger partial charge in [-0.1, -0.05) is 54.9 Å². The molecule has 3 rings (SSSR count). The molecular formula is C12H15N3S2Si. The van der Waals surface area contributed by atoms with Gasteiger partial charge in [0.25, 0.3) is 0 Å². The van der Waals surface area contributed by atoms with Gasteiger partial charge in [0.2, 0.25) is 4.96 Å². The summed E-state index contributed by atoms with van der Waals surface area (Å²) in [4.78, 5) is 0.995. The molecular weight excluding hydrogens is 278 g/mol. The summed E-state index contributed by atoms with van der Waals surface area (Å²) < 4.78 is 3.46. The topological polar surface area (TPSA) is 30.2 Å². The fraction of sp³-hybridized carbons (Fsp3) is 0.333. The molecule has 18 heavy (non-hydrogen) atoms. The Bertz CT molecular complexity index is 696. The van der Waals surface area contributed by atoms with Crippen molar-refractivity contribution in [2.24, 2.45) is 0 Å². The normalized spacial score (nSPS) is 12.6. The molecule has 0 atom stereocenters. The van der Waals surface area contributed by atoms with Gasteiger partial charge in [-0.2, -0.15) is 0 Å². The number of para-hydroxylation sites is 1. The van der Waals surface area contributed by atoms with Gasteiger partial charge in [-0.05, 0) is 17.5 Å². The quantitative estimate of drug-likeness (QED) is 0.542. The Morgan fingerprint density at radius 3 is 2.78 bits per heavy atom. The highest BCUT2D eigenvalue weighted by Gasteiger charge is 2.17. The van der Waals surface area contributed by atoms with Gasteiger partial charge in [0.05, 0.1) is 18.3 Å². The Hall–Kier alpha value is -0.853. The molecule has 0 unspecified atom stereocenters. The molecule has 0 aliphatic heterocycles. The van der Waals surface area contributed by atoms with Crippen molar-refractivity contribution < 1.29 is 0 Å². The largest absolute Gasteiger partial charge is 0.260 e. The first-order valence-electron chi connectivity index (χ1n) is 5.90. The van der Waals surface area contributed by atoms with Crippen LogP contribution in [0, 0.1) is 0 Å². The van der Waals surface area contributed by atoms with Crippen LogP contribution < -0.4 is 0 Å². The lowest BCUT2D eigenvalue weighted by Gasteiger charge is -2.13. The van der Waals surface area contributed by atoms with E-state index in [2.05, 4.69) is 58.5 Å². The van der Waals surface area contributed by atoms with Crippen molar-refractivity contribution in [3.05, 3.63) is 24.3 Å². The van der Waals surface area contributed by atoms with Crippen molar-refractivity contribution in [2.75, 3.05) is 5.38 Å². The van der Waals surface area contributed by atoms with E-state index in [1.807, 2.05) is 11.8 Å². The maximum Gasteiger partial charge on any atom is 0.217 e. The highest BCUT2D eigenvalue weighted by Crippen LogP contribution is 2.30. The van der Waals surface area contributed by atoms with Crippen molar-refractivity contribution in [1.29, 1.82) is 0 Å².